The molecular formula is C17H16BrNO. The van der Waals surface area contributed by atoms with Crippen LogP contribution in [0.1, 0.15) is 12.5 Å². The van der Waals surface area contributed by atoms with E-state index in [-0.39, 0.29) is 5.91 Å². The maximum atomic E-state index is 12.2. The zero-order valence-corrected chi connectivity index (χ0v) is 12.9. The van der Waals surface area contributed by atoms with E-state index >= 15 is 0 Å². The van der Waals surface area contributed by atoms with Gasteiger partial charge in [0.25, 0.3) is 5.91 Å². The van der Waals surface area contributed by atoms with Crippen molar-refractivity contribution < 1.29 is 4.79 Å². The highest BCUT2D eigenvalue weighted by Crippen LogP contribution is 2.28. The van der Waals surface area contributed by atoms with E-state index in [9.17, 15) is 4.79 Å². The third-order valence-corrected chi connectivity index (χ3v) is 3.59. The lowest BCUT2D eigenvalue weighted by Gasteiger charge is -2.22. The van der Waals surface area contributed by atoms with Crippen molar-refractivity contribution in [2.45, 2.75) is 13.3 Å². The Balaban J connectivity index is 2.49. The lowest BCUT2D eigenvalue weighted by Crippen LogP contribution is -2.23. The Hall–Kier alpha value is -1.87. The lowest BCUT2D eigenvalue weighted by atomic mass is 10.1. The molecule has 0 heterocycles. The van der Waals surface area contributed by atoms with Gasteiger partial charge in [0.2, 0.25) is 0 Å². The minimum Gasteiger partial charge on any atom is -0.278 e. The second-order valence-corrected chi connectivity index (χ2v) is 5.29. The number of carbonyl (C=O) groups excluding carboxylic acids is 1. The van der Waals surface area contributed by atoms with Crippen molar-refractivity contribution in [1.29, 1.82) is 0 Å². The summed E-state index contributed by atoms with van der Waals surface area (Å²) in [5.74, 6) is -0.138. The number of nitrogens with zero attached hydrogens (tertiary/aromatic N) is 1. The summed E-state index contributed by atoms with van der Waals surface area (Å²) in [7, 11) is 0. The predicted molar refractivity (Wildman–Crippen MR) is 87.3 cm³/mol. The Labute approximate surface area is 127 Å². The van der Waals surface area contributed by atoms with Gasteiger partial charge in [0.1, 0.15) is 0 Å². The standard InChI is InChI=1S/C17H16BrNO/c1-3-13-6-5-7-16(12-13)19(17(20)4-2)15-10-8-14(18)9-11-15/h4-12H,2-3H2,1H3. The zero-order chi connectivity index (χ0) is 14.5. The molecule has 0 saturated carbocycles. The van der Waals surface area contributed by atoms with Gasteiger partial charge in [-0.05, 0) is 54.5 Å². The van der Waals surface area contributed by atoms with Crippen LogP contribution in [0.5, 0.6) is 0 Å². The van der Waals surface area contributed by atoms with E-state index in [0.717, 1.165) is 22.3 Å². The topological polar surface area (TPSA) is 20.3 Å². The number of carbonyl (C=O) groups is 1. The fourth-order valence-corrected chi connectivity index (χ4v) is 2.26. The molecule has 0 aliphatic carbocycles. The monoisotopic (exact) mass is 329 g/mol. The number of hydrogen-bond acceptors (Lipinski definition) is 1. The first-order valence-electron chi connectivity index (χ1n) is 6.46. The van der Waals surface area contributed by atoms with Crippen LogP contribution in [0.4, 0.5) is 11.4 Å². The third-order valence-electron chi connectivity index (χ3n) is 3.06. The van der Waals surface area contributed by atoms with E-state index in [2.05, 4.69) is 35.5 Å². The predicted octanol–water partition coefficient (Wildman–Crippen LogP) is 4.86. The van der Waals surface area contributed by atoms with Gasteiger partial charge < -0.3 is 0 Å². The van der Waals surface area contributed by atoms with Crippen LogP contribution >= 0.6 is 15.9 Å². The SMILES string of the molecule is C=CC(=O)N(c1ccc(Br)cc1)c1cccc(CC)c1. The van der Waals surface area contributed by atoms with Gasteiger partial charge in [0.05, 0.1) is 0 Å². The molecule has 0 aromatic heterocycles. The summed E-state index contributed by atoms with van der Waals surface area (Å²) in [6.07, 6.45) is 2.27. The van der Waals surface area contributed by atoms with E-state index in [1.165, 1.54) is 11.6 Å². The van der Waals surface area contributed by atoms with E-state index in [0.29, 0.717) is 0 Å². The van der Waals surface area contributed by atoms with Crippen molar-refractivity contribution in [1.82, 2.24) is 0 Å². The molecule has 20 heavy (non-hydrogen) atoms. The average Bonchev–Trinajstić information content (AvgIpc) is 2.49. The summed E-state index contributed by atoms with van der Waals surface area (Å²) in [5.41, 5.74) is 2.88. The van der Waals surface area contributed by atoms with E-state index in [4.69, 9.17) is 0 Å². The van der Waals surface area contributed by atoms with Gasteiger partial charge in [-0.1, -0.05) is 41.6 Å². The fraction of sp³-hybridized carbons (Fsp3) is 0.118. The number of amides is 1. The highest BCUT2D eigenvalue weighted by molar-refractivity contribution is 9.10. The van der Waals surface area contributed by atoms with Crippen molar-refractivity contribution in [2.75, 3.05) is 4.90 Å². The molecule has 0 fully saturated rings. The molecular weight excluding hydrogens is 314 g/mol. The summed E-state index contributed by atoms with van der Waals surface area (Å²) < 4.78 is 0.981. The summed E-state index contributed by atoms with van der Waals surface area (Å²) >= 11 is 3.40. The Bertz CT molecular complexity index is 619. The number of anilines is 2. The van der Waals surface area contributed by atoms with E-state index in [1.807, 2.05) is 42.5 Å². The molecule has 0 unspecified atom stereocenters. The summed E-state index contributed by atoms with van der Waals surface area (Å²) in [4.78, 5) is 13.9. The molecule has 0 atom stereocenters. The molecule has 2 rings (SSSR count). The fourth-order valence-electron chi connectivity index (χ4n) is 2.00. The van der Waals surface area contributed by atoms with Crippen LogP contribution in [0, 0.1) is 0 Å². The van der Waals surface area contributed by atoms with Gasteiger partial charge in [0, 0.05) is 15.8 Å². The minimum atomic E-state index is -0.138. The summed E-state index contributed by atoms with van der Waals surface area (Å²) in [6, 6.07) is 15.6. The van der Waals surface area contributed by atoms with Crippen molar-refractivity contribution in [3.63, 3.8) is 0 Å². The van der Waals surface area contributed by atoms with Gasteiger partial charge in [0.15, 0.2) is 0 Å². The first-order valence-corrected chi connectivity index (χ1v) is 7.26. The van der Waals surface area contributed by atoms with Gasteiger partial charge in [-0.15, -0.1) is 0 Å². The number of hydrogen-bond donors (Lipinski definition) is 0. The maximum Gasteiger partial charge on any atom is 0.254 e. The summed E-state index contributed by atoms with van der Waals surface area (Å²) in [5, 5.41) is 0. The molecule has 0 saturated heterocycles. The molecule has 0 aliphatic heterocycles. The normalized spacial score (nSPS) is 10.1. The molecule has 1 amide bonds. The number of benzene rings is 2. The van der Waals surface area contributed by atoms with Gasteiger partial charge in [-0.25, -0.2) is 0 Å². The highest BCUT2D eigenvalue weighted by Gasteiger charge is 2.15. The third kappa shape index (κ3) is 3.17. The molecule has 2 aromatic carbocycles. The molecule has 102 valence electrons. The molecule has 3 heteroatoms. The van der Waals surface area contributed by atoms with Gasteiger partial charge >= 0.3 is 0 Å². The van der Waals surface area contributed by atoms with Crippen LogP contribution in [0.3, 0.4) is 0 Å². The van der Waals surface area contributed by atoms with E-state index in [1.54, 1.807) is 4.90 Å². The van der Waals surface area contributed by atoms with Gasteiger partial charge in [-0.3, -0.25) is 9.69 Å². The lowest BCUT2D eigenvalue weighted by molar-refractivity contribution is -0.113. The van der Waals surface area contributed by atoms with Crippen LogP contribution < -0.4 is 4.90 Å². The second kappa shape index (κ2) is 6.53. The van der Waals surface area contributed by atoms with Crippen molar-refractivity contribution in [3.8, 4) is 0 Å². The Kier molecular flexibility index (Phi) is 4.74. The highest BCUT2D eigenvalue weighted by atomic mass is 79.9. The minimum absolute atomic E-state index is 0.138. The van der Waals surface area contributed by atoms with Crippen LogP contribution in [0.25, 0.3) is 0 Å². The Morgan fingerprint density at radius 1 is 1.20 bits per heavy atom. The smallest absolute Gasteiger partial charge is 0.254 e. The first-order chi connectivity index (χ1) is 9.65. The number of halogens is 1. The van der Waals surface area contributed by atoms with Crippen molar-refractivity contribution in [2.24, 2.45) is 0 Å². The molecule has 0 N–H and O–H groups in total. The van der Waals surface area contributed by atoms with Crippen LogP contribution in [-0.4, -0.2) is 5.91 Å². The Morgan fingerprint density at radius 3 is 2.50 bits per heavy atom. The van der Waals surface area contributed by atoms with Gasteiger partial charge in [-0.2, -0.15) is 0 Å². The maximum absolute atomic E-state index is 12.2. The van der Waals surface area contributed by atoms with Crippen LogP contribution in [-0.2, 0) is 11.2 Å². The summed E-state index contributed by atoms with van der Waals surface area (Å²) in [6.45, 7) is 5.69. The molecule has 0 radical (unpaired) electrons. The molecule has 0 bridgehead atoms. The number of rotatable bonds is 4. The molecule has 2 nitrogen and oxygen atoms in total. The molecule has 0 spiro atoms. The zero-order valence-electron chi connectivity index (χ0n) is 11.3. The van der Waals surface area contributed by atoms with Crippen molar-refractivity contribution in [3.05, 3.63) is 71.2 Å². The Morgan fingerprint density at radius 2 is 1.90 bits per heavy atom. The van der Waals surface area contributed by atoms with Crippen LogP contribution in [0.15, 0.2) is 65.7 Å². The van der Waals surface area contributed by atoms with Crippen molar-refractivity contribution >= 4 is 33.2 Å². The largest absolute Gasteiger partial charge is 0.278 e. The first kappa shape index (κ1) is 14.5. The average molecular weight is 330 g/mol. The number of aryl methyl sites for hydroxylation is 1. The van der Waals surface area contributed by atoms with E-state index < -0.39 is 0 Å². The molecule has 0 aliphatic rings. The second-order valence-electron chi connectivity index (χ2n) is 4.38. The quantitative estimate of drug-likeness (QED) is 0.733. The van der Waals surface area contributed by atoms with Crippen LogP contribution in [0.2, 0.25) is 0 Å². The molecule has 2 aromatic rings.